The molecule has 0 saturated carbocycles. The molecule has 0 aliphatic heterocycles. The molecule has 0 unspecified atom stereocenters. The van der Waals surface area contributed by atoms with Crippen LogP contribution in [0.2, 0.25) is 0 Å². The van der Waals surface area contributed by atoms with Gasteiger partial charge in [-0.25, -0.2) is 4.98 Å². The fraction of sp³-hybridized carbons (Fsp3) is 0.227. The van der Waals surface area contributed by atoms with Gasteiger partial charge in [-0.05, 0) is 62.1 Å². The van der Waals surface area contributed by atoms with Crippen LogP contribution in [0.5, 0.6) is 0 Å². The van der Waals surface area contributed by atoms with Gasteiger partial charge in [0.2, 0.25) is 5.95 Å². The van der Waals surface area contributed by atoms with Crippen molar-refractivity contribution in [3.05, 3.63) is 70.9 Å². The number of hydrogen-bond donors (Lipinski definition) is 2. The molecule has 1 heterocycles. The third-order valence-electron chi connectivity index (χ3n) is 4.88. The number of hydrogen-bond acceptors (Lipinski definition) is 5. The summed E-state index contributed by atoms with van der Waals surface area (Å²) in [7, 11) is 0. The van der Waals surface area contributed by atoms with E-state index in [0.29, 0.717) is 23.8 Å². The summed E-state index contributed by atoms with van der Waals surface area (Å²) in [6.45, 7) is 4.16. The zero-order valence-corrected chi connectivity index (χ0v) is 15.5. The number of aromatic nitrogens is 2. The Morgan fingerprint density at radius 2 is 1.67 bits per heavy atom. The van der Waals surface area contributed by atoms with E-state index in [1.54, 1.807) is 0 Å². The highest BCUT2D eigenvalue weighted by Gasteiger charge is 2.24. The van der Waals surface area contributed by atoms with Crippen LogP contribution in [0.4, 0.5) is 23.1 Å². The van der Waals surface area contributed by atoms with Gasteiger partial charge in [0.25, 0.3) is 0 Å². The van der Waals surface area contributed by atoms with Crippen molar-refractivity contribution in [2.75, 3.05) is 10.6 Å². The van der Waals surface area contributed by atoms with Crippen LogP contribution in [-0.4, -0.2) is 15.8 Å². The minimum Gasteiger partial charge on any atom is -0.339 e. The van der Waals surface area contributed by atoms with Gasteiger partial charge in [-0.15, -0.1) is 0 Å². The van der Waals surface area contributed by atoms with E-state index in [4.69, 9.17) is 0 Å². The Morgan fingerprint density at radius 3 is 2.44 bits per heavy atom. The Bertz CT molecular complexity index is 999. The van der Waals surface area contributed by atoms with Gasteiger partial charge in [-0.3, -0.25) is 4.79 Å². The van der Waals surface area contributed by atoms with Crippen molar-refractivity contribution in [2.24, 2.45) is 0 Å². The monoisotopic (exact) mass is 358 g/mol. The molecule has 2 N–H and O–H groups in total. The van der Waals surface area contributed by atoms with E-state index in [0.717, 1.165) is 29.9 Å². The summed E-state index contributed by atoms with van der Waals surface area (Å²) >= 11 is 0. The van der Waals surface area contributed by atoms with Crippen LogP contribution in [0.15, 0.2) is 48.5 Å². The van der Waals surface area contributed by atoms with Gasteiger partial charge in [0.05, 0.1) is 11.3 Å². The maximum atomic E-state index is 12.5. The number of carbonyl (C=O) groups is 1. The molecule has 27 heavy (non-hydrogen) atoms. The second-order valence-corrected chi connectivity index (χ2v) is 6.91. The number of para-hydroxylation sites is 1. The minimum absolute atomic E-state index is 0.104. The van der Waals surface area contributed by atoms with Crippen LogP contribution < -0.4 is 10.6 Å². The van der Waals surface area contributed by atoms with Crippen LogP contribution in [0, 0.1) is 13.8 Å². The van der Waals surface area contributed by atoms with E-state index in [1.807, 2.05) is 36.4 Å². The lowest BCUT2D eigenvalue weighted by molar-refractivity contribution is 0.0972. The normalized spacial score (nSPS) is 13.2. The maximum Gasteiger partial charge on any atom is 0.229 e. The van der Waals surface area contributed by atoms with Gasteiger partial charge in [0.15, 0.2) is 5.78 Å². The topological polar surface area (TPSA) is 66.9 Å². The first-order valence-corrected chi connectivity index (χ1v) is 9.20. The fourth-order valence-electron chi connectivity index (χ4n) is 3.28. The predicted octanol–water partition coefficient (Wildman–Crippen LogP) is 5.10. The fourth-order valence-corrected chi connectivity index (χ4v) is 3.28. The summed E-state index contributed by atoms with van der Waals surface area (Å²) < 4.78 is 0. The number of nitrogens with one attached hydrogen (secondary N) is 2. The molecule has 0 amide bonds. The van der Waals surface area contributed by atoms with Crippen LogP contribution in [-0.2, 0) is 6.42 Å². The highest BCUT2D eigenvalue weighted by molar-refractivity contribution is 6.03. The molecular weight excluding hydrogens is 336 g/mol. The maximum absolute atomic E-state index is 12.5. The number of anilines is 4. The van der Waals surface area contributed by atoms with Crippen molar-refractivity contribution in [2.45, 2.75) is 33.1 Å². The third-order valence-corrected chi connectivity index (χ3v) is 4.88. The van der Waals surface area contributed by atoms with Crippen LogP contribution in [0.3, 0.4) is 0 Å². The quantitative estimate of drug-likeness (QED) is 0.679. The lowest BCUT2D eigenvalue weighted by atomic mass is 9.95. The largest absolute Gasteiger partial charge is 0.339 e. The number of rotatable bonds is 4. The van der Waals surface area contributed by atoms with Gasteiger partial charge in [0.1, 0.15) is 5.82 Å². The summed E-state index contributed by atoms with van der Waals surface area (Å²) in [5, 5.41) is 6.59. The predicted molar refractivity (Wildman–Crippen MR) is 108 cm³/mol. The lowest BCUT2D eigenvalue weighted by Gasteiger charge is -2.19. The van der Waals surface area contributed by atoms with Crippen molar-refractivity contribution in [1.29, 1.82) is 0 Å². The summed E-state index contributed by atoms with van der Waals surface area (Å²) in [6.07, 6.45) is 2.16. The highest BCUT2D eigenvalue weighted by atomic mass is 16.1. The van der Waals surface area contributed by atoms with E-state index in [-0.39, 0.29) is 5.78 Å². The lowest BCUT2D eigenvalue weighted by Crippen LogP contribution is -2.17. The third kappa shape index (κ3) is 3.67. The summed E-state index contributed by atoms with van der Waals surface area (Å²) in [5.74, 6) is 1.18. The Hall–Kier alpha value is -3.21. The van der Waals surface area contributed by atoms with E-state index in [1.165, 1.54) is 11.1 Å². The number of nitrogens with zero attached hydrogens (tertiary/aromatic N) is 2. The molecule has 0 fully saturated rings. The summed E-state index contributed by atoms with van der Waals surface area (Å²) in [5.41, 5.74) is 5.71. The molecule has 1 aliphatic carbocycles. The van der Waals surface area contributed by atoms with Crippen molar-refractivity contribution in [1.82, 2.24) is 9.97 Å². The molecule has 0 saturated heterocycles. The second kappa shape index (κ2) is 7.19. The summed E-state index contributed by atoms with van der Waals surface area (Å²) in [6, 6.07) is 15.9. The smallest absolute Gasteiger partial charge is 0.229 e. The van der Waals surface area contributed by atoms with Crippen LogP contribution in [0.25, 0.3) is 0 Å². The Morgan fingerprint density at radius 1 is 0.852 bits per heavy atom. The number of ketones is 1. The van der Waals surface area contributed by atoms with Crippen molar-refractivity contribution >= 4 is 28.9 Å². The van der Waals surface area contributed by atoms with E-state index >= 15 is 0 Å². The number of Topliss-reactive ketones (excluding diaryl/α,β-unsaturated/α-hetero) is 1. The molecule has 5 nitrogen and oxygen atoms in total. The minimum atomic E-state index is 0.104. The number of benzene rings is 2. The number of aryl methyl sites for hydroxylation is 3. The van der Waals surface area contributed by atoms with Crippen molar-refractivity contribution in [3.63, 3.8) is 0 Å². The molecule has 0 radical (unpaired) electrons. The number of fused-ring (bicyclic) bond motifs is 1. The molecule has 4 rings (SSSR count). The molecule has 136 valence electrons. The average Bonchev–Trinajstić information content (AvgIpc) is 2.65. The zero-order valence-electron chi connectivity index (χ0n) is 15.5. The SMILES string of the molecule is Cc1ccc(Nc2nc3c(c(Nc4ccccc4)n2)C(=O)CCC3)cc1C. The molecule has 0 bridgehead atoms. The van der Waals surface area contributed by atoms with Gasteiger partial charge in [0, 0.05) is 17.8 Å². The first-order valence-electron chi connectivity index (χ1n) is 9.20. The van der Waals surface area contributed by atoms with Crippen LogP contribution >= 0.6 is 0 Å². The molecular formula is C22H22N4O. The summed E-state index contributed by atoms with van der Waals surface area (Å²) in [4.78, 5) is 21.8. The van der Waals surface area contributed by atoms with Gasteiger partial charge in [-0.1, -0.05) is 24.3 Å². The molecule has 5 heteroatoms. The Kier molecular flexibility index (Phi) is 4.59. The molecule has 2 aromatic carbocycles. The highest BCUT2D eigenvalue weighted by Crippen LogP contribution is 2.30. The second-order valence-electron chi connectivity index (χ2n) is 6.91. The molecule has 0 atom stereocenters. The van der Waals surface area contributed by atoms with E-state index < -0.39 is 0 Å². The Labute approximate surface area is 158 Å². The average molecular weight is 358 g/mol. The first kappa shape index (κ1) is 17.2. The van der Waals surface area contributed by atoms with Gasteiger partial charge in [-0.2, -0.15) is 4.98 Å². The molecule has 1 aromatic heterocycles. The van der Waals surface area contributed by atoms with Gasteiger partial charge >= 0.3 is 0 Å². The van der Waals surface area contributed by atoms with E-state index in [9.17, 15) is 4.79 Å². The molecule has 0 spiro atoms. The van der Waals surface area contributed by atoms with Crippen LogP contribution in [0.1, 0.15) is 40.0 Å². The van der Waals surface area contributed by atoms with Crippen molar-refractivity contribution < 1.29 is 4.79 Å². The first-order chi connectivity index (χ1) is 13.1. The zero-order chi connectivity index (χ0) is 18.8. The van der Waals surface area contributed by atoms with E-state index in [2.05, 4.69) is 46.6 Å². The molecule has 1 aliphatic rings. The standard InChI is InChI=1S/C22H22N4O/c1-14-11-12-17(13-15(14)2)24-22-25-18-9-6-10-19(27)20(18)21(26-22)23-16-7-4-3-5-8-16/h3-5,7-8,11-13H,6,9-10H2,1-2H3,(H2,23,24,25,26). The number of carbonyl (C=O) groups excluding carboxylic acids is 1. The van der Waals surface area contributed by atoms with Crippen molar-refractivity contribution in [3.8, 4) is 0 Å². The van der Waals surface area contributed by atoms with Gasteiger partial charge < -0.3 is 10.6 Å². The Balaban J connectivity index is 1.73. The molecule has 3 aromatic rings.